The van der Waals surface area contributed by atoms with Gasteiger partial charge in [-0.05, 0) is 31.5 Å². The Morgan fingerprint density at radius 1 is 1.47 bits per heavy atom. The second-order valence-corrected chi connectivity index (χ2v) is 3.22. The molecule has 15 heavy (non-hydrogen) atoms. The van der Waals surface area contributed by atoms with E-state index in [1.165, 1.54) is 19.9 Å². The zero-order valence-electron chi connectivity index (χ0n) is 8.34. The summed E-state index contributed by atoms with van der Waals surface area (Å²) in [5.74, 6) is -0.296. The third-order valence-electron chi connectivity index (χ3n) is 2.14. The Morgan fingerprint density at radius 3 is 2.47 bits per heavy atom. The molecule has 0 radical (unpaired) electrons. The Morgan fingerprint density at radius 2 is 2.07 bits per heavy atom. The summed E-state index contributed by atoms with van der Waals surface area (Å²) < 4.78 is 25.0. The molecular formula is C11H9F2NO. The molecule has 0 heterocycles. The molecule has 0 spiro atoms. The van der Waals surface area contributed by atoms with Gasteiger partial charge in [0.05, 0.1) is 11.6 Å². The van der Waals surface area contributed by atoms with Crippen LogP contribution in [-0.2, 0) is 0 Å². The molecule has 1 aromatic carbocycles. The number of rotatable bonds is 2. The SMILES string of the molecule is CC(=O)c1cc(C)c(C(F)F)cc1C#N. The fourth-order valence-corrected chi connectivity index (χ4v) is 1.34. The number of aryl methyl sites for hydroxylation is 1. The third-order valence-corrected chi connectivity index (χ3v) is 2.14. The van der Waals surface area contributed by atoms with Gasteiger partial charge in [-0.1, -0.05) is 0 Å². The Balaban J connectivity index is 3.44. The van der Waals surface area contributed by atoms with Gasteiger partial charge in [0.1, 0.15) is 0 Å². The molecule has 0 saturated carbocycles. The highest BCUT2D eigenvalue weighted by Gasteiger charge is 2.16. The van der Waals surface area contributed by atoms with Crippen molar-refractivity contribution in [3.63, 3.8) is 0 Å². The number of Topliss-reactive ketones (excluding diaryl/α,β-unsaturated/α-hetero) is 1. The zero-order valence-corrected chi connectivity index (χ0v) is 8.34. The molecule has 0 fully saturated rings. The topological polar surface area (TPSA) is 40.9 Å². The van der Waals surface area contributed by atoms with Gasteiger partial charge in [0.25, 0.3) is 6.43 Å². The van der Waals surface area contributed by atoms with E-state index in [9.17, 15) is 13.6 Å². The molecule has 0 unspecified atom stereocenters. The Labute approximate surface area is 86.1 Å². The lowest BCUT2D eigenvalue weighted by Gasteiger charge is -2.07. The third kappa shape index (κ3) is 2.18. The molecule has 0 bridgehead atoms. The highest BCUT2D eigenvalue weighted by molar-refractivity contribution is 5.96. The van der Waals surface area contributed by atoms with Crippen molar-refractivity contribution in [1.29, 1.82) is 5.26 Å². The summed E-state index contributed by atoms with van der Waals surface area (Å²) in [5, 5.41) is 8.72. The molecule has 78 valence electrons. The van der Waals surface area contributed by atoms with Crippen LogP contribution >= 0.6 is 0 Å². The summed E-state index contributed by atoms with van der Waals surface area (Å²) in [4.78, 5) is 11.1. The fraction of sp³-hybridized carbons (Fsp3) is 0.273. The van der Waals surface area contributed by atoms with Crippen molar-refractivity contribution >= 4 is 5.78 Å². The van der Waals surface area contributed by atoms with Gasteiger partial charge in [0.15, 0.2) is 5.78 Å². The molecule has 4 heteroatoms. The number of hydrogen-bond acceptors (Lipinski definition) is 2. The minimum atomic E-state index is -2.63. The second-order valence-electron chi connectivity index (χ2n) is 3.22. The minimum absolute atomic E-state index is 0.00315. The van der Waals surface area contributed by atoms with Crippen molar-refractivity contribution in [3.8, 4) is 6.07 Å². The van der Waals surface area contributed by atoms with Crippen LogP contribution in [0.4, 0.5) is 8.78 Å². The van der Waals surface area contributed by atoms with E-state index in [1.54, 1.807) is 6.07 Å². The van der Waals surface area contributed by atoms with Gasteiger partial charge in [-0.25, -0.2) is 8.78 Å². The van der Waals surface area contributed by atoms with Crippen molar-refractivity contribution in [1.82, 2.24) is 0 Å². The number of nitrogens with zero attached hydrogens (tertiary/aromatic N) is 1. The zero-order chi connectivity index (χ0) is 11.6. The van der Waals surface area contributed by atoms with Gasteiger partial charge >= 0.3 is 0 Å². The standard InChI is InChI=1S/C11H9F2NO/c1-6-3-10(7(2)15)8(5-14)4-9(6)11(12)13/h3-4,11H,1-2H3. The predicted octanol–water partition coefficient (Wildman–Crippen LogP) is 3.01. The summed E-state index contributed by atoms with van der Waals surface area (Å²) in [5.41, 5.74) is 0.327. The molecule has 0 aliphatic heterocycles. The highest BCUT2D eigenvalue weighted by Crippen LogP contribution is 2.25. The van der Waals surface area contributed by atoms with E-state index in [1.807, 2.05) is 0 Å². The Kier molecular flexibility index (Phi) is 3.15. The van der Waals surface area contributed by atoms with Crippen LogP contribution in [0.25, 0.3) is 0 Å². The Bertz CT molecular complexity index is 447. The average Bonchev–Trinajstić information content (AvgIpc) is 2.16. The summed E-state index contributed by atoms with van der Waals surface area (Å²) in [6.07, 6.45) is -2.63. The van der Waals surface area contributed by atoms with Gasteiger partial charge in [-0.2, -0.15) is 5.26 Å². The van der Waals surface area contributed by atoms with E-state index < -0.39 is 6.43 Å². The summed E-state index contributed by atoms with van der Waals surface area (Å²) in [7, 11) is 0. The predicted molar refractivity (Wildman–Crippen MR) is 50.9 cm³/mol. The van der Waals surface area contributed by atoms with Crippen LogP contribution in [0.3, 0.4) is 0 Å². The lowest BCUT2D eigenvalue weighted by atomic mass is 9.98. The van der Waals surface area contributed by atoms with Gasteiger partial charge < -0.3 is 0 Å². The van der Waals surface area contributed by atoms with Crippen LogP contribution in [-0.4, -0.2) is 5.78 Å². The minimum Gasteiger partial charge on any atom is -0.294 e. The number of hydrogen-bond donors (Lipinski definition) is 0. The smallest absolute Gasteiger partial charge is 0.264 e. The van der Waals surface area contributed by atoms with Crippen LogP contribution in [0.5, 0.6) is 0 Å². The molecule has 1 aromatic rings. The van der Waals surface area contributed by atoms with E-state index in [2.05, 4.69) is 0 Å². The van der Waals surface area contributed by atoms with Gasteiger partial charge in [-0.3, -0.25) is 4.79 Å². The monoisotopic (exact) mass is 209 g/mol. The lowest BCUT2D eigenvalue weighted by Crippen LogP contribution is -2.01. The van der Waals surface area contributed by atoms with Crippen molar-refractivity contribution in [3.05, 3.63) is 34.4 Å². The number of nitriles is 1. The number of alkyl halides is 2. The van der Waals surface area contributed by atoms with Crippen molar-refractivity contribution < 1.29 is 13.6 Å². The molecule has 0 atom stereocenters. The number of carbonyl (C=O) groups excluding carboxylic acids is 1. The summed E-state index contributed by atoms with van der Waals surface area (Å²) >= 11 is 0. The maximum absolute atomic E-state index is 12.5. The second kappa shape index (κ2) is 4.18. The van der Waals surface area contributed by atoms with Crippen molar-refractivity contribution in [2.45, 2.75) is 20.3 Å². The van der Waals surface area contributed by atoms with Gasteiger partial charge in [-0.15, -0.1) is 0 Å². The largest absolute Gasteiger partial charge is 0.294 e. The van der Waals surface area contributed by atoms with E-state index in [0.29, 0.717) is 5.56 Å². The molecule has 0 N–H and O–H groups in total. The average molecular weight is 209 g/mol. The van der Waals surface area contributed by atoms with Crippen LogP contribution in [0.1, 0.15) is 40.4 Å². The summed E-state index contributed by atoms with van der Waals surface area (Å²) in [6, 6.07) is 4.16. The first kappa shape index (κ1) is 11.3. The molecule has 0 aromatic heterocycles. The van der Waals surface area contributed by atoms with E-state index in [4.69, 9.17) is 5.26 Å². The first-order chi connectivity index (χ1) is 6.97. The van der Waals surface area contributed by atoms with Gasteiger partial charge in [0.2, 0.25) is 0 Å². The number of ketones is 1. The van der Waals surface area contributed by atoms with Crippen molar-refractivity contribution in [2.75, 3.05) is 0 Å². The normalized spacial score (nSPS) is 10.1. The molecule has 2 nitrogen and oxygen atoms in total. The fourth-order valence-electron chi connectivity index (χ4n) is 1.34. The number of benzene rings is 1. The lowest BCUT2D eigenvalue weighted by molar-refractivity contribution is 0.101. The molecule has 0 amide bonds. The van der Waals surface area contributed by atoms with Crippen LogP contribution in [0.2, 0.25) is 0 Å². The number of carbonyl (C=O) groups is 1. The van der Waals surface area contributed by atoms with E-state index in [-0.39, 0.29) is 22.5 Å². The summed E-state index contributed by atoms with van der Waals surface area (Å²) in [6.45, 7) is 2.80. The van der Waals surface area contributed by atoms with Crippen LogP contribution < -0.4 is 0 Å². The van der Waals surface area contributed by atoms with Crippen LogP contribution in [0.15, 0.2) is 12.1 Å². The van der Waals surface area contributed by atoms with Crippen LogP contribution in [0, 0.1) is 18.3 Å². The van der Waals surface area contributed by atoms with E-state index in [0.717, 1.165) is 6.07 Å². The quantitative estimate of drug-likeness (QED) is 0.702. The molecule has 1 rings (SSSR count). The first-order valence-electron chi connectivity index (χ1n) is 4.31. The number of halogens is 2. The molecule has 0 saturated heterocycles. The van der Waals surface area contributed by atoms with Crippen molar-refractivity contribution in [2.24, 2.45) is 0 Å². The highest BCUT2D eigenvalue weighted by atomic mass is 19.3. The Hall–Kier alpha value is -1.76. The molecule has 0 aliphatic rings. The maximum Gasteiger partial charge on any atom is 0.264 e. The van der Waals surface area contributed by atoms with Gasteiger partial charge in [0, 0.05) is 11.1 Å². The van der Waals surface area contributed by atoms with E-state index >= 15 is 0 Å². The molecule has 0 aliphatic carbocycles. The molecular weight excluding hydrogens is 200 g/mol. The maximum atomic E-state index is 12.5. The first-order valence-corrected chi connectivity index (χ1v) is 4.31.